The molecule has 0 aliphatic heterocycles. The lowest BCUT2D eigenvalue weighted by Gasteiger charge is -2.21. The monoisotopic (exact) mass is 184 g/mol. The minimum absolute atomic E-state index is 0.0318. The molecule has 1 rings (SSSR count). The Bertz CT molecular complexity index is 306. The van der Waals surface area contributed by atoms with E-state index in [1.165, 1.54) is 12.1 Å². The quantitative estimate of drug-likeness (QED) is 0.401. The van der Waals surface area contributed by atoms with Crippen molar-refractivity contribution in [3.63, 3.8) is 0 Å². The van der Waals surface area contributed by atoms with Crippen LogP contribution in [0, 0.1) is 0 Å². The molecule has 4 heteroatoms. The van der Waals surface area contributed by atoms with E-state index in [0.717, 1.165) is 6.07 Å². The first-order valence-electron chi connectivity index (χ1n) is 3.94. The predicted molar refractivity (Wildman–Crippen MR) is 46.2 cm³/mol. The van der Waals surface area contributed by atoms with E-state index in [1.54, 1.807) is 6.92 Å². The Kier molecular flexibility index (Phi) is 2.45. The summed E-state index contributed by atoms with van der Waals surface area (Å²) in [6.45, 7) is 1.56. The molecule has 0 radical (unpaired) electrons. The average molecular weight is 184 g/mol. The van der Waals surface area contributed by atoms with Gasteiger partial charge in [-0.2, -0.15) is 0 Å². The third-order valence-electron chi connectivity index (χ3n) is 1.90. The molecule has 0 saturated heterocycles. The second-order valence-corrected chi connectivity index (χ2v) is 2.87. The molecule has 13 heavy (non-hydrogen) atoms. The summed E-state index contributed by atoms with van der Waals surface area (Å²) < 4.78 is 0. The average Bonchev–Trinajstić information content (AvgIpc) is 2.09. The SMILES string of the molecule is CCC(O)(O)c1cc(O)ccc1O. The minimum Gasteiger partial charge on any atom is -0.508 e. The Morgan fingerprint density at radius 2 is 1.85 bits per heavy atom. The van der Waals surface area contributed by atoms with Crippen molar-refractivity contribution in [1.29, 1.82) is 0 Å². The standard InChI is InChI=1S/C9H12O4/c1-2-9(12,13)7-5-6(10)3-4-8(7)11/h3-5,10-13H,2H2,1H3. The van der Waals surface area contributed by atoms with Crippen molar-refractivity contribution in [3.05, 3.63) is 23.8 Å². The van der Waals surface area contributed by atoms with Gasteiger partial charge in [-0.05, 0) is 18.2 Å². The number of rotatable bonds is 2. The predicted octanol–water partition coefficient (Wildman–Crippen LogP) is 0.645. The molecule has 1 aromatic rings. The van der Waals surface area contributed by atoms with Gasteiger partial charge in [0.25, 0.3) is 0 Å². The van der Waals surface area contributed by atoms with Crippen LogP contribution in [0.4, 0.5) is 0 Å². The number of hydrogen-bond donors (Lipinski definition) is 4. The van der Waals surface area contributed by atoms with Gasteiger partial charge in [-0.15, -0.1) is 0 Å². The van der Waals surface area contributed by atoms with Crippen molar-refractivity contribution in [1.82, 2.24) is 0 Å². The number of hydrogen-bond acceptors (Lipinski definition) is 4. The van der Waals surface area contributed by atoms with Gasteiger partial charge in [0.2, 0.25) is 0 Å². The summed E-state index contributed by atoms with van der Waals surface area (Å²) in [5.74, 6) is -2.46. The highest BCUT2D eigenvalue weighted by molar-refractivity contribution is 5.41. The van der Waals surface area contributed by atoms with Crippen molar-refractivity contribution in [3.8, 4) is 11.5 Å². The first-order valence-corrected chi connectivity index (χ1v) is 3.94. The number of aromatic hydroxyl groups is 2. The third-order valence-corrected chi connectivity index (χ3v) is 1.90. The zero-order valence-corrected chi connectivity index (χ0v) is 7.23. The van der Waals surface area contributed by atoms with Crippen LogP contribution in [0.1, 0.15) is 18.9 Å². The normalized spacial score (nSPS) is 11.6. The van der Waals surface area contributed by atoms with Gasteiger partial charge in [0.05, 0.1) is 5.56 Å². The molecule has 72 valence electrons. The van der Waals surface area contributed by atoms with Gasteiger partial charge in [0.15, 0.2) is 5.79 Å². The van der Waals surface area contributed by atoms with Crippen LogP contribution in [0.15, 0.2) is 18.2 Å². The van der Waals surface area contributed by atoms with Gasteiger partial charge >= 0.3 is 0 Å². The van der Waals surface area contributed by atoms with Crippen LogP contribution >= 0.6 is 0 Å². The van der Waals surface area contributed by atoms with Gasteiger partial charge in [0.1, 0.15) is 11.5 Å². The maximum atomic E-state index is 9.38. The van der Waals surface area contributed by atoms with Crippen molar-refractivity contribution in [2.75, 3.05) is 0 Å². The molecule has 1 aromatic carbocycles. The van der Waals surface area contributed by atoms with Crippen LogP contribution in [0.5, 0.6) is 11.5 Å². The van der Waals surface area contributed by atoms with Crippen molar-refractivity contribution >= 4 is 0 Å². The molecule has 0 aromatic heterocycles. The van der Waals surface area contributed by atoms with Crippen molar-refractivity contribution < 1.29 is 20.4 Å². The molecule has 4 N–H and O–H groups in total. The molecule has 0 aliphatic rings. The number of phenolic OH excluding ortho intramolecular Hbond substituents is 2. The van der Waals surface area contributed by atoms with Crippen LogP contribution in [0.25, 0.3) is 0 Å². The lowest BCUT2D eigenvalue weighted by Crippen LogP contribution is -2.23. The summed E-state index contributed by atoms with van der Waals surface area (Å²) >= 11 is 0. The fourth-order valence-corrected chi connectivity index (χ4v) is 1.04. The third kappa shape index (κ3) is 1.91. The van der Waals surface area contributed by atoms with E-state index in [4.69, 9.17) is 5.11 Å². The molecule has 0 unspecified atom stereocenters. The summed E-state index contributed by atoms with van der Waals surface area (Å²) in [6, 6.07) is 3.60. The molecule has 4 nitrogen and oxygen atoms in total. The maximum Gasteiger partial charge on any atom is 0.193 e. The summed E-state index contributed by atoms with van der Waals surface area (Å²) in [7, 11) is 0. The fraction of sp³-hybridized carbons (Fsp3) is 0.333. The van der Waals surface area contributed by atoms with E-state index < -0.39 is 5.79 Å². The van der Waals surface area contributed by atoms with Crippen LogP contribution in [0.3, 0.4) is 0 Å². The van der Waals surface area contributed by atoms with E-state index in [-0.39, 0.29) is 23.5 Å². The van der Waals surface area contributed by atoms with Crippen molar-refractivity contribution in [2.24, 2.45) is 0 Å². The van der Waals surface area contributed by atoms with Crippen molar-refractivity contribution in [2.45, 2.75) is 19.1 Å². The maximum absolute atomic E-state index is 9.38. The smallest absolute Gasteiger partial charge is 0.193 e. The molecule has 0 fully saturated rings. The largest absolute Gasteiger partial charge is 0.508 e. The summed E-state index contributed by atoms with van der Waals surface area (Å²) in [4.78, 5) is 0. The highest BCUT2D eigenvalue weighted by atomic mass is 16.5. The van der Waals surface area contributed by atoms with E-state index in [1.807, 2.05) is 0 Å². The Morgan fingerprint density at radius 3 is 2.38 bits per heavy atom. The van der Waals surface area contributed by atoms with Gasteiger partial charge < -0.3 is 20.4 Å². The second kappa shape index (κ2) is 3.24. The van der Waals surface area contributed by atoms with E-state index in [9.17, 15) is 15.3 Å². The Hall–Kier alpha value is -1.26. The first-order chi connectivity index (χ1) is 5.97. The van der Waals surface area contributed by atoms with Crippen LogP contribution < -0.4 is 0 Å². The van der Waals surface area contributed by atoms with Crippen LogP contribution in [-0.2, 0) is 5.79 Å². The highest BCUT2D eigenvalue weighted by Crippen LogP contribution is 2.32. The molecule has 0 saturated carbocycles. The van der Waals surface area contributed by atoms with Gasteiger partial charge in [-0.1, -0.05) is 6.92 Å². The summed E-state index contributed by atoms with van der Waals surface area (Å²) in [5.41, 5.74) is -0.0880. The Balaban J connectivity index is 3.20. The number of aliphatic hydroxyl groups is 2. The number of benzene rings is 1. The first kappa shape index (κ1) is 9.83. The topological polar surface area (TPSA) is 80.9 Å². The zero-order valence-electron chi connectivity index (χ0n) is 7.23. The molecule has 0 amide bonds. The molecule has 0 atom stereocenters. The molecular formula is C9H12O4. The summed E-state index contributed by atoms with van der Waals surface area (Å²) in [6.07, 6.45) is 0.0318. The van der Waals surface area contributed by atoms with Gasteiger partial charge in [-0.3, -0.25) is 0 Å². The molecule has 0 spiro atoms. The number of phenols is 2. The Morgan fingerprint density at radius 1 is 1.23 bits per heavy atom. The molecule has 0 aliphatic carbocycles. The second-order valence-electron chi connectivity index (χ2n) is 2.87. The van der Waals surface area contributed by atoms with E-state index in [0.29, 0.717) is 0 Å². The van der Waals surface area contributed by atoms with E-state index in [2.05, 4.69) is 0 Å². The summed E-state index contributed by atoms with van der Waals surface area (Å²) in [5, 5.41) is 37.1. The van der Waals surface area contributed by atoms with Crippen LogP contribution in [0.2, 0.25) is 0 Å². The lowest BCUT2D eigenvalue weighted by atomic mass is 10.0. The fourth-order valence-electron chi connectivity index (χ4n) is 1.04. The zero-order chi connectivity index (χ0) is 10.1. The lowest BCUT2D eigenvalue weighted by molar-refractivity contribution is -0.172. The molecular weight excluding hydrogens is 172 g/mol. The van der Waals surface area contributed by atoms with Gasteiger partial charge in [-0.25, -0.2) is 0 Å². The Labute approximate surface area is 75.7 Å². The van der Waals surface area contributed by atoms with E-state index >= 15 is 0 Å². The van der Waals surface area contributed by atoms with Gasteiger partial charge in [0, 0.05) is 6.42 Å². The molecule has 0 bridgehead atoms. The minimum atomic E-state index is -2.09. The highest BCUT2D eigenvalue weighted by Gasteiger charge is 2.26. The van der Waals surface area contributed by atoms with Crippen LogP contribution in [-0.4, -0.2) is 20.4 Å². The molecule has 0 heterocycles.